The van der Waals surface area contributed by atoms with E-state index in [-0.39, 0.29) is 17.7 Å². The Bertz CT molecular complexity index is 824. The predicted molar refractivity (Wildman–Crippen MR) is 145 cm³/mol. The first-order valence-corrected chi connectivity index (χ1v) is 12.9. The van der Waals surface area contributed by atoms with Gasteiger partial charge in [0.1, 0.15) is 17.7 Å². The highest BCUT2D eigenvalue weighted by Gasteiger charge is 2.29. The Morgan fingerprint density at radius 3 is 2.08 bits per heavy atom. The summed E-state index contributed by atoms with van der Waals surface area (Å²) in [5.74, 6) is -1.34. The smallest absolute Gasteiger partial charge is 0.407 e. The number of hydrogen-bond acceptors (Lipinski definition) is 7. The monoisotopic (exact) mass is 541 g/mol. The van der Waals surface area contributed by atoms with Crippen molar-refractivity contribution >= 4 is 36.1 Å². The van der Waals surface area contributed by atoms with Crippen molar-refractivity contribution in [2.45, 2.75) is 105 Å². The van der Waals surface area contributed by atoms with Gasteiger partial charge in [-0.15, -0.1) is 0 Å². The van der Waals surface area contributed by atoms with Crippen LogP contribution in [-0.2, 0) is 19.1 Å². The van der Waals surface area contributed by atoms with Gasteiger partial charge in [0.2, 0.25) is 17.7 Å². The van der Waals surface area contributed by atoms with E-state index in [2.05, 4.69) is 31.8 Å². The van der Waals surface area contributed by atoms with Crippen molar-refractivity contribution in [2.24, 2.45) is 22.7 Å². The lowest BCUT2D eigenvalue weighted by molar-refractivity contribution is -0.132. The molecule has 13 heteroatoms. The predicted octanol–water partition coefficient (Wildman–Crippen LogP) is 1.51. The molecular formula is C25H47N7O6. The Balaban J connectivity index is 5.23. The number of carbonyl (C=O) groups excluding carboxylic acids is 5. The zero-order valence-corrected chi connectivity index (χ0v) is 24.0. The Hall–Kier alpha value is -3.38. The molecular weight excluding hydrogens is 494 g/mol. The van der Waals surface area contributed by atoms with E-state index in [1.54, 1.807) is 34.6 Å². The Kier molecular flexibility index (Phi) is 15.7. The van der Waals surface area contributed by atoms with E-state index in [1.165, 1.54) is 13.1 Å². The summed E-state index contributed by atoms with van der Waals surface area (Å²) >= 11 is 0. The minimum atomic E-state index is -0.875. The minimum Gasteiger partial charge on any atom is -0.444 e. The Morgan fingerprint density at radius 2 is 1.58 bits per heavy atom. The molecule has 0 spiro atoms. The van der Waals surface area contributed by atoms with Crippen LogP contribution in [0.3, 0.4) is 0 Å². The van der Waals surface area contributed by atoms with Gasteiger partial charge in [-0.25, -0.2) is 15.0 Å². The molecule has 38 heavy (non-hydrogen) atoms. The molecule has 0 heterocycles. The maximum absolute atomic E-state index is 13.1. The van der Waals surface area contributed by atoms with Crippen LogP contribution in [0.15, 0.2) is 5.10 Å². The van der Waals surface area contributed by atoms with Crippen molar-refractivity contribution in [3.63, 3.8) is 0 Å². The Labute approximate surface area is 225 Å². The molecule has 0 rings (SSSR count). The van der Waals surface area contributed by atoms with Crippen LogP contribution >= 0.6 is 0 Å². The standard InChI is InChI=1S/C25H47N7O6/c1-15(2)13-19(29-17(5)33)21(34)31-20(16(3)4)22(35)30-18(14-28-32-23(26)36)11-9-10-12-27-24(37)38-25(6,7)8/h14-16,18-20H,9-13H2,1-8H3,(H,27,37)(H,29,33)(H,30,35)(H,31,34)(H3,26,32,36)/b28-14+/t18-,19-,20-/m0/s1. The van der Waals surface area contributed by atoms with Crippen LogP contribution in [0.2, 0.25) is 0 Å². The van der Waals surface area contributed by atoms with Gasteiger partial charge in [-0.05, 0) is 58.3 Å². The molecule has 7 N–H and O–H groups in total. The van der Waals surface area contributed by atoms with E-state index in [0.29, 0.717) is 32.2 Å². The van der Waals surface area contributed by atoms with Crippen LogP contribution < -0.4 is 32.4 Å². The van der Waals surface area contributed by atoms with Crippen LogP contribution in [0.25, 0.3) is 0 Å². The molecule has 3 atom stereocenters. The number of urea groups is 1. The van der Waals surface area contributed by atoms with Gasteiger partial charge in [0.25, 0.3) is 0 Å². The molecule has 13 nitrogen and oxygen atoms in total. The second kappa shape index (κ2) is 17.2. The summed E-state index contributed by atoms with van der Waals surface area (Å²) in [4.78, 5) is 60.4. The molecule has 0 aliphatic heterocycles. The van der Waals surface area contributed by atoms with Gasteiger partial charge >= 0.3 is 12.1 Å². The zero-order chi connectivity index (χ0) is 29.5. The van der Waals surface area contributed by atoms with E-state index >= 15 is 0 Å². The molecule has 0 aromatic heterocycles. The molecule has 0 unspecified atom stereocenters. The van der Waals surface area contributed by atoms with Gasteiger partial charge < -0.3 is 31.7 Å². The third-order valence-corrected chi connectivity index (χ3v) is 5.01. The second-order valence-electron chi connectivity index (χ2n) is 10.9. The summed E-state index contributed by atoms with van der Waals surface area (Å²) in [6.45, 7) is 14.5. The maximum atomic E-state index is 13.1. The van der Waals surface area contributed by atoms with Crippen molar-refractivity contribution < 1.29 is 28.7 Å². The third-order valence-electron chi connectivity index (χ3n) is 5.01. The number of ether oxygens (including phenoxy) is 1. The summed E-state index contributed by atoms with van der Waals surface area (Å²) in [5, 5.41) is 14.7. The molecule has 218 valence electrons. The lowest BCUT2D eigenvalue weighted by Gasteiger charge is -2.27. The van der Waals surface area contributed by atoms with Crippen LogP contribution in [0.4, 0.5) is 9.59 Å². The molecule has 0 fully saturated rings. The average molecular weight is 542 g/mol. The number of unbranched alkanes of at least 4 members (excludes halogenated alkanes) is 1. The summed E-state index contributed by atoms with van der Waals surface area (Å²) in [5.41, 5.74) is 6.55. The normalized spacial score (nSPS) is 13.9. The maximum Gasteiger partial charge on any atom is 0.407 e. The van der Waals surface area contributed by atoms with Crippen LogP contribution in [0, 0.1) is 11.8 Å². The first-order valence-electron chi connectivity index (χ1n) is 12.9. The second-order valence-corrected chi connectivity index (χ2v) is 10.9. The van der Waals surface area contributed by atoms with Gasteiger partial charge in [0.05, 0.1) is 6.04 Å². The summed E-state index contributed by atoms with van der Waals surface area (Å²) in [6.07, 6.45) is 2.89. The summed E-state index contributed by atoms with van der Waals surface area (Å²) in [6, 6.07) is -3.08. The molecule has 0 saturated heterocycles. The number of amides is 6. The number of primary amides is 1. The van der Waals surface area contributed by atoms with Gasteiger partial charge in [0.15, 0.2) is 0 Å². The topological polar surface area (TPSA) is 193 Å². The number of nitrogens with one attached hydrogen (secondary N) is 5. The summed E-state index contributed by atoms with van der Waals surface area (Å²) in [7, 11) is 0. The number of nitrogens with two attached hydrogens (primary N) is 1. The van der Waals surface area contributed by atoms with Gasteiger partial charge in [-0.1, -0.05) is 27.7 Å². The molecule has 0 aromatic carbocycles. The lowest BCUT2D eigenvalue weighted by atomic mass is 9.99. The fourth-order valence-corrected chi connectivity index (χ4v) is 3.38. The average Bonchev–Trinajstić information content (AvgIpc) is 2.73. The van der Waals surface area contributed by atoms with E-state index in [0.717, 1.165) is 0 Å². The number of hydrazone groups is 1. The van der Waals surface area contributed by atoms with Crippen LogP contribution in [-0.4, -0.2) is 66.3 Å². The molecule has 0 bridgehead atoms. The highest BCUT2D eigenvalue weighted by Crippen LogP contribution is 2.09. The highest BCUT2D eigenvalue weighted by atomic mass is 16.6. The van der Waals surface area contributed by atoms with Crippen molar-refractivity contribution in [3.8, 4) is 0 Å². The first kappa shape index (κ1) is 34.6. The van der Waals surface area contributed by atoms with Gasteiger partial charge in [-0.3, -0.25) is 14.4 Å². The molecule has 0 aromatic rings. The molecule has 0 aliphatic carbocycles. The van der Waals surface area contributed by atoms with Crippen LogP contribution in [0.5, 0.6) is 0 Å². The number of carbonyl (C=O) groups is 5. The Morgan fingerprint density at radius 1 is 0.947 bits per heavy atom. The highest BCUT2D eigenvalue weighted by molar-refractivity contribution is 5.92. The van der Waals surface area contributed by atoms with E-state index in [9.17, 15) is 24.0 Å². The SMILES string of the molecule is CC(=O)N[C@@H](CC(C)C)C(=O)N[C@H](C(=O)N[C@H](/C=N/NC(N)=O)CCCCNC(=O)OC(C)(C)C)C(C)C. The van der Waals surface area contributed by atoms with E-state index in [1.807, 2.05) is 13.8 Å². The number of nitrogens with zero attached hydrogens (tertiary/aromatic N) is 1. The lowest BCUT2D eigenvalue weighted by Crippen LogP contribution is -2.56. The van der Waals surface area contributed by atoms with Crippen molar-refractivity contribution in [2.75, 3.05) is 6.54 Å². The van der Waals surface area contributed by atoms with E-state index in [4.69, 9.17) is 10.5 Å². The number of alkyl carbamates (subject to hydrolysis) is 1. The molecule has 6 amide bonds. The van der Waals surface area contributed by atoms with Crippen molar-refractivity contribution in [1.82, 2.24) is 26.7 Å². The van der Waals surface area contributed by atoms with E-state index < -0.39 is 47.7 Å². The fourth-order valence-electron chi connectivity index (χ4n) is 3.38. The third kappa shape index (κ3) is 17.1. The fraction of sp³-hybridized carbons (Fsp3) is 0.760. The largest absolute Gasteiger partial charge is 0.444 e. The first-order chi connectivity index (χ1) is 17.5. The van der Waals surface area contributed by atoms with Crippen molar-refractivity contribution in [3.05, 3.63) is 0 Å². The molecule has 0 saturated carbocycles. The van der Waals surface area contributed by atoms with Crippen molar-refractivity contribution in [1.29, 1.82) is 0 Å². The van der Waals surface area contributed by atoms with Gasteiger partial charge in [0, 0.05) is 19.7 Å². The van der Waals surface area contributed by atoms with Gasteiger partial charge in [-0.2, -0.15) is 5.10 Å². The quantitative estimate of drug-likeness (QED) is 0.103. The minimum absolute atomic E-state index is 0.145. The zero-order valence-electron chi connectivity index (χ0n) is 24.0. The number of hydrogen-bond donors (Lipinski definition) is 6. The number of rotatable bonds is 15. The summed E-state index contributed by atoms with van der Waals surface area (Å²) < 4.78 is 5.19. The van der Waals surface area contributed by atoms with Crippen LogP contribution in [0.1, 0.15) is 81.1 Å². The molecule has 0 aliphatic rings. The molecule has 0 radical (unpaired) electrons.